The van der Waals surface area contributed by atoms with Gasteiger partial charge in [-0.05, 0) is 38.0 Å². The average molecular weight is 363 g/mol. The van der Waals surface area contributed by atoms with Gasteiger partial charge in [-0.2, -0.15) is 0 Å². The molecule has 2 unspecified atom stereocenters. The molecule has 0 spiro atoms. The molecule has 0 radical (unpaired) electrons. The van der Waals surface area contributed by atoms with E-state index in [1.807, 2.05) is 6.92 Å². The van der Waals surface area contributed by atoms with Gasteiger partial charge in [0.05, 0.1) is 6.61 Å². The molecule has 3 N–H and O–H groups in total. The second-order valence-corrected chi connectivity index (χ2v) is 7.44. The first-order valence-electron chi connectivity index (χ1n) is 6.64. The molecule has 20 heavy (non-hydrogen) atoms. The van der Waals surface area contributed by atoms with Gasteiger partial charge < -0.3 is 10.5 Å². The van der Waals surface area contributed by atoms with Crippen molar-refractivity contribution in [2.45, 2.75) is 43.2 Å². The molecule has 0 saturated heterocycles. The molecule has 1 aromatic rings. The number of hydrogen-bond acceptors (Lipinski definition) is 4. The van der Waals surface area contributed by atoms with E-state index >= 15 is 0 Å². The zero-order valence-corrected chi connectivity index (χ0v) is 13.7. The summed E-state index contributed by atoms with van der Waals surface area (Å²) in [6.45, 7) is 2.23. The topological polar surface area (TPSA) is 81.4 Å². The van der Waals surface area contributed by atoms with E-state index in [-0.39, 0.29) is 17.0 Å². The lowest BCUT2D eigenvalue weighted by atomic mass is 10.2. The van der Waals surface area contributed by atoms with E-state index in [9.17, 15) is 8.42 Å². The van der Waals surface area contributed by atoms with E-state index in [0.29, 0.717) is 16.8 Å². The number of nitrogens with two attached hydrogens (primary N) is 1. The molecular formula is C13H19BrN2O3S. The van der Waals surface area contributed by atoms with E-state index in [4.69, 9.17) is 10.5 Å². The summed E-state index contributed by atoms with van der Waals surface area (Å²) in [7, 11) is -3.64. The zero-order chi connectivity index (χ0) is 14.8. The summed E-state index contributed by atoms with van der Waals surface area (Å²) in [5.74, 6) is 0.356. The predicted molar refractivity (Wildman–Crippen MR) is 81.2 cm³/mol. The van der Waals surface area contributed by atoms with Crippen molar-refractivity contribution in [3.05, 3.63) is 22.7 Å². The van der Waals surface area contributed by atoms with Gasteiger partial charge in [0.1, 0.15) is 10.6 Å². The molecule has 1 aliphatic carbocycles. The maximum absolute atomic E-state index is 12.5. The first kappa shape index (κ1) is 15.8. The maximum atomic E-state index is 12.5. The van der Waals surface area contributed by atoms with Crippen molar-refractivity contribution in [1.29, 1.82) is 0 Å². The molecule has 2 atom stereocenters. The zero-order valence-electron chi connectivity index (χ0n) is 11.3. The highest BCUT2D eigenvalue weighted by molar-refractivity contribution is 9.10. The Bertz CT molecular complexity index is 577. The minimum Gasteiger partial charge on any atom is -0.492 e. The third-order valence-corrected chi connectivity index (χ3v) is 5.38. The van der Waals surface area contributed by atoms with Crippen LogP contribution in [0.3, 0.4) is 0 Å². The summed E-state index contributed by atoms with van der Waals surface area (Å²) in [4.78, 5) is 0.146. The Morgan fingerprint density at radius 3 is 2.80 bits per heavy atom. The number of sulfonamides is 1. The van der Waals surface area contributed by atoms with Crippen LogP contribution < -0.4 is 15.2 Å². The Labute approximate surface area is 128 Å². The molecule has 1 saturated carbocycles. The van der Waals surface area contributed by atoms with Gasteiger partial charge in [0.15, 0.2) is 0 Å². The third kappa shape index (κ3) is 3.52. The second kappa shape index (κ2) is 6.43. The van der Waals surface area contributed by atoms with Gasteiger partial charge in [0, 0.05) is 16.6 Å². The highest BCUT2D eigenvalue weighted by atomic mass is 79.9. The SMILES string of the molecule is CCOc1ccc(Br)cc1S(=O)(=O)NC1CCCC1N. The molecule has 2 rings (SSSR count). The van der Waals surface area contributed by atoms with Crippen LogP contribution in [-0.2, 0) is 10.0 Å². The van der Waals surface area contributed by atoms with Crippen LogP contribution in [0.5, 0.6) is 5.75 Å². The van der Waals surface area contributed by atoms with E-state index in [1.165, 1.54) is 0 Å². The lowest BCUT2D eigenvalue weighted by Crippen LogP contribution is -2.43. The maximum Gasteiger partial charge on any atom is 0.244 e. The van der Waals surface area contributed by atoms with Crippen molar-refractivity contribution in [2.75, 3.05) is 6.61 Å². The van der Waals surface area contributed by atoms with Crippen molar-refractivity contribution >= 4 is 26.0 Å². The molecule has 1 aliphatic rings. The van der Waals surface area contributed by atoms with Crippen molar-refractivity contribution < 1.29 is 13.2 Å². The quantitative estimate of drug-likeness (QED) is 0.839. The minimum atomic E-state index is -3.64. The summed E-state index contributed by atoms with van der Waals surface area (Å²) in [6, 6.07) is 4.64. The van der Waals surface area contributed by atoms with E-state index in [0.717, 1.165) is 19.3 Å². The Kier molecular flexibility index (Phi) is 5.06. The normalized spacial score (nSPS) is 22.9. The van der Waals surface area contributed by atoms with Crippen molar-refractivity contribution in [1.82, 2.24) is 4.72 Å². The number of halogens is 1. The highest BCUT2D eigenvalue weighted by Gasteiger charge is 2.30. The number of nitrogens with one attached hydrogen (secondary N) is 1. The minimum absolute atomic E-state index is 0.118. The summed E-state index contributed by atoms with van der Waals surface area (Å²) < 4.78 is 33.8. The number of ether oxygens (including phenoxy) is 1. The highest BCUT2D eigenvalue weighted by Crippen LogP contribution is 2.29. The van der Waals surface area contributed by atoms with Gasteiger partial charge >= 0.3 is 0 Å². The van der Waals surface area contributed by atoms with Crippen LogP contribution in [0.25, 0.3) is 0 Å². The van der Waals surface area contributed by atoms with Crippen LogP contribution in [-0.4, -0.2) is 27.1 Å². The number of rotatable bonds is 5. The predicted octanol–water partition coefficient (Wildman–Crippen LogP) is 2.01. The summed E-state index contributed by atoms with van der Waals surface area (Å²) >= 11 is 3.29. The second-order valence-electron chi connectivity index (χ2n) is 4.85. The van der Waals surface area contributed by atoms with Crippen LogP contribution in [0.4, 0.5) is 0 Å². The fourth-order valence-electron chi connectivity index (χ4n) is 2.36. The van der Waals surface area contributed by atoms with Crippen LogP contribution in [0.2, 0.25) is 0 Å². The molecule has 112 valence electrons. The lowest BCUT2D eigenvalue weighted by molar-refractivity contribution is 0.330. The van der Waals surface area contributed by atoms with Gasteiger partial charge in [-0.25, -0.2) is 13.1 Å². The first-order valence-corrected chi connectivity index (χ1v) is 8.92. The average Bonchev–Trinajstić information content (AvgIpc) is 2.77. The van der Waals surface area contributed by atoms with E-state index < -0.39 is 10.0 Å². The van der Waals surface area contributed by atoms with Gasteiger partial charge in [-0.15, -0.1) is 0 Å². The molecule has 0 bridgehead atoms. The third-order valence-electron chi connectivity index (χ3n) is 3.37. The standard InChI is InChI=1S/C13H19BrN2O3S/c1-2-19-12-7-6-9(14)8-13(12)20(17,18)16-11-5-3-4-10(11)15/h6-8,10-11,16H,2-5,15H2,1H3. The monoisotopic (exact) mass is 362 g/mol. The largest absolute Gasteiger partial charge is 0.492 e. The fourth-order valence-corrected chi connectivity index (χ4v) is 4.37. The van der Waals surface area contributed by atoms with Gasteiger partial charge in [0.25, 0.3) is 0 Å². The summed E-state index contributed by atoms with van der Waals surface area (Å²) in [5, 5.41) is 0. The first-order chi connectivity index (χ1) is 9.44. The van der Waals surface area contributed by atoms with Crippen LogP contribution in [0, 0.1) is 0 Å². The molecule has 0 heterocycles. The summed E-state index contributed by atoms with van der Waals surface area (Å²) in [6.07, 6.45) is 2.58. The van der Waals surface area contributed by atoms with Gasteiger partial charge in [-0.1, -0.05) is 22.4 Å². The molecule has 5 nitrogen and oxygen atoms in total. The van der Waals surface area contributed by atoms with Crippen LogP contribution in [0.15, 0.2) is 27.6 Å². The smallest absolute Gasteiger partial charge is 0.244 e. The lowest BCUT2D eigenvalue weighted by Gasteiger charge is -2.19. The molecule has 1 aromatic carbocycles. The van der Waals surface area contributed by atoms with Crippen molar-refractivity contribution in [3.8, 4) is 5.75 Å². The van der Waals surface area contributed by atoms with Gasteiger partial charge in [0.2, 0.25) is 10.0 Å². The summed E-state index contributed by atoms with van der Waals surface area (Å²) in [5.41, 5.74) is 5.92. The molecule has 1 fully saturated rings. The van der Waals surface area contributed by atoms with Crippen molar-refractivity contribution in [3.63, 3.8) is 0 Å². The Balaban J connectivity index is 2.30. The molecule has 0 aliphatic heterocycles. The molecular weight excluding hydrogens is 344 g/mol. The van der Waals surface area contributed by atoms with Crippen LogP contribution in [0.1, 0.15) is 26.2 Å². The fraction of sp³-hybridized carbons (Fsp3) is 0.538. The Morgan fingerprint density at radius 2 is 2.20 bits per heavy atom. The molecule has 0 amide bonds. The Hall–Kier alpha value is -0.630. The van der Waals surface area contributed by atoms with Crippen LogP contribution >= 0.6 is 15.9 Å². The van der Waals surface area contributed by atoms with E-state index in [1.54, 1.807) is 18.2 Å². The number of benzene rings is 1. The number of hydrogen-bond donors (Lipinski definition) is 2. The van der Waals surface area contributed by atoms with Gasteiger partial charge in [-0.3, -0.25) is 0 Å². The molecule has 0 aromatic heterocycles. The van der Waals surface area contributed by atoms with Crippen molar-refractivity contribution in [2.24, 2.45) is 5.73 Å². The molecule has 7 heteroatoms. The Morgan fingerprint density at radius 1 is 1.45 bits per heavy atom. The van der Waals surface area contributed by atoms with E-state index in [2.05, 4.69) is 20.7 Å².